The Morgan fingerprint density at radius 1 is 1.43 bits per heavy atom. The summed E-state index contributed by atoms with van der Waals surface area (Å²) < 4.78 is 0. The summed E-state index contributed by atoms with van der Waals surface area (Å²) in [5, 5.41) is 26.8. The summed E-state index contributed by atoms with van der Waals surface area (Å²) in [5.41, 5.74) is 0.286. The number of carboxylic acids is 1. The predicted molar refractivity (Wildman–Crippen MR) is 52.9 cm³/mol. The van der Waals surface area contributed by atoms with E-state index in [1.54, 1.807) is 13.0 Å². The SMILES string of the molecule is C/C(=C\CC[C@H](O)C[C@H](C)O)C(=O)O. The van der Waals surface area contributed by atoms with Gasteiger partial charge in [0, 0.05) is 5.57 Å². The summed E-state index contributed by atoms with van der Waals surface area (Å²) in [5.74, 6) is -0.935. The van der Waals surface area contributed by atoms with E-state index in [1.807, 2.05) is 0 Å². The second-order valence-corrected chi connectivity index (χ2v) is 3.51. The van der Waals surface area contributed by atoms with Crippen LogP contribution in [-0.2, 0) is 4.79 Å². The molecule has 0 aliphatic rings. The second-order valence-electron chi connectivity index (χ2n) is 3.51. The van der Waals surface area contributed by atoms with Crippen molar-refractivity contribution in [2.24, 2.45) is 0 Å². The van der Waals surface area contributed by atoms with Crippen LogP contribution in [0.3, 0.4) is 0 Å². The van der Waals surface area contributed by atoms with E-state index in [-0.39, 0.29) is 5.57 Å². The molecule has 0 rings (SSSR count). The lowest BCUT2D eigenvalue weighted by atomic mass is 10.1. The molecule has 4 heteroatoms. The van der Waals surface area contributed by atoms with Gasteiger partial charge >= 0.3 is 5.97 Å². The minimum absolute atomic E-state index is 0.286. The molecule has 0 radical (unpaired) electrons. The van der Waals surface area contributed by atoms with Crippen molar-refractivity contribution in [3.63, 3.8) is 0 Å². The van der Waals surface area contributed by atoms with Gasteiger partial charge < -0.3 is 15.3 Å². The molecule has 2 atom stereocenters. The molecule has 3 N–H and O–H groups in total. The molecule has 0 heterocycles. The number of aliphatic hydroxyl groups is 2. The van der Waals surface area contributed by atoms with Crippen LogP contribution in [0.5, 0.6) is 0 Å². The Bertz CT molecular complexity index is 208. The lowest BCUT2D eigenvalue weighted by molar-refractivity contribution is -0.132. The van der Waals surface area contributed by atoms with Gasteiger partial charge in [0.1, 0.15) is 0 Å². The summed E-state index contributed by atoms with van der Waals surface area (Å²) in [7, 11) is 0. The fourth-order valence-electron chi connectivity index (χ4n) is 1.09. The number of aliphatic carboxylic acids is 1. The van der Waals surface area contributed by atoms with Crippen molar-refractivity contribution in [2.75, 3.05) is 0 Å². The Morgan fingerprint density at radius 3 is 2.43 bits per heavy atom. The highest BCUT2D eigenvalue weighted by Crippen LogP contribution is 2.07. The van der Waals surface area contributed by atoms with Crippen LogP contribution in [0.2, 0.25) is 0 Å². The zero-order valence-corrected chi connectivity index (χ0v) is 8.60. The molecule has 0 saturated carbocycles. The van der Waals surface area contributed by atoms with E-state index in [2.05, 4.69) is 0 Å². The molecule has 0 fully saturated rings. The molecular formula is C10H18O4. The third kappa shape index (κ3) is 6.62. The highest BCUT2D eigenvalue weighted by Gasteiger charge is 2.07. The van der Waals surface area contributed by atoms with Gasteiger partial charge in [-0.3, -0.25) is 0 Å². The maximum absolute atomic E-state index is 10.4. The van der Waals surface area contributed by atoms with Crippen LogP contribution in [0.25, 0.3) is 0 Å². The number of carbonyl (C=O) groups is 1. The van der Waals surface area contributed by atoms with E-state index >= 15 is 0 Å². The van der Waals surface area contributed by atoms with E-state index in [0.29, 0.717) is 19.3 Å². The first-order chi connectivity index (χ1) is 6.43. The van der Waals surface area contributed by atoms with Gasteiger partial charge in [-0.2, -0.15) is 0 Å². The fraction of sp³-hybridized carbons (Fsp3) is 0.700. The van der Waals surface area contributed by atoms with E-state index in [1.165, 1.54) is 6.92 Å². The van der Waals surface area contributed by atoms with Crippen LogP contribution in [0.15, 0.2) is 11.6 Å². The topological polar surface area (TPSA) is 77.8 Å². The summed E-state index contributed by atoms with van der Waals surface area (Å²) >= 11 is 0. The van der Waals surface area contributed by atoms with Gasteiger partial charge in [-0.15, -0.1) is 0 Å². The molecule has 0 saturated heterocycles. The number of aliphatic hydroxyl groups excluding tert-OH is 2. The van der Waals surface area contributed by atoms with Crippen molar-refractivity contribution in [3.05, 3.63) is 11.6 Å². The molecule has 0 aliphatic carbocycles. The zero-order chi connectivity index (χ0) is 11.1. The predicted octanol–water partition coefficient (Wildman–Crippen LogP) is 0.929. The quantitative estimate of drug-likeness (QED) is 0.560. The van der Waals surface area contributed by atoms with Crippen LogP contribution in [0.4, 0.5) is 0 Å². The smallest absolute Gasteiger partial charge is 0.330 e. The molecule has 82 valence electrons. The highest BCUT2D eigenvalue weighted by molar-refractivity contribution is 5.85. The minimum Gasteiger partial charge on any atom is -0.478 e. The first-order valence-electron chi connectivity index (χ1n) is 4.69. The monoisotopic (exact) mass is 202 g/mol. The van der Waals surface area contributed by atoms with Crippen molar-refractivity contribution in [1.29, 1.82) is 0 Å². The average molecular weight is 202 g/mol. The van der Waals surface area contributed by atoms with Crippen molar-refractivity contribution in [1.82, 2.24) is 0 Å². The summed E-state index contributed by atoms with van der Waals surface area (Å²) in [6, 6.07) is 0. The summed E-state index contributed by atoms with van der Waals surface area (Å²) in [6.45, 7) is 3.13. The average Bonchev–Trinajstić information content (AvgIpc) is 2.02. The van der Waals surface area contributed by atoms with Gasteiger partial charge in [-0.05, 0) is 33.1 Å². The lowest BCUT2D eigenvalue weighted by Gasteiger charge is -2.10. The Hall–Kier alpha value is -0.870. The molecule has 4 nitrogen and oxygen atoms in total. The van der Waals surface area contributed by atoms with Gasteiger partial charge in [0.25, 0.3) is 0 Å². The normalized spacial score (nSPS) is 16.4. The Kier molecular flexibility index (Phi) is 6.16. The molecular weight excluding hydrogens is 184 g/mol. The molecule has 0 unspecified atom stereocenters. The van der Waals surface area contributed by atoms with Gasteiger partial charge in [-0.25, -0.2) is 4.79 Å². The van der Waals surface area contributed by atoms with Gasteiger partial charge in [0.15, 0.2) is 0 Å². The standard InChI is InChI=1S/C10H18O4/c1-7(10(13)14)4-3-5-9(12)6-8(2)11/h4,8-9,11-12H,3,5-6H2,1-2H3,(H,13,14)/b7-4+/t8-,9-/m0/s1. The van der Waals surface area contributed by atoms with Crippen LogP contribution < -0.4 is 0 Å². The van der Waals surface area contributed by atoms with Crippen LogP contribution in [0.1, 0.15) is 33.1 Å². The van der Waals surface area contributed by atoms with Crippen molar-refractivity contribution < 1.29 is 20.1 Å². The van der Waals surface area contributed by atoms with Crippen LogP contribution in [0, 0.1) is 0 Å². The summed E-state index contributed by atoms with van der Waals surface area (Å²) in [6.07, 6.45) is 1.83. The van der Waals surface area contributed by atoms with Gasteiger partial charge in [-0.1, -0.05) is 6.08 Å². The van der Waals surface area contributed by atoms with Crippen molar-refractivity contribution in [2.45, 2.75) is 45.3 Å². The van der Waals surface area contributed by atoms with Crippen LogP contribution in [-0.4, -0.2) is 33.5 Å². The van der Waals surface area contributed by atoms with E-state index in [9.17, 15) is 9.90 Å². The number of rotatable bonds is 6. The number of carboxylic acid groups (broad SMARTS) is 1. The molecule has 0 spiro atoms. The largest absolute Gasteiger partial charge is 0.478 e. The fourth-order valence-corrected chi connectivity index (χ4v) is 1.09. The van der Waals surface area contributed by atoms with Crippen molar-refractivity contribution in [3.8, 4) is 0 Å². The highest BCUT2D eigenvalue weighted by atomic mass is 16.4. The van der Waals surface area contributed by atoms with E-state index < -0.39 is 18.2 Å². The van der Waals surface area contributed by atoms with E-state index in [4.69, 9.17) is 10.2 Å². The molecule has 0 aromatic carbocycles. The first-order valence-corrected chi connectivity index (χ1v) is 4.69. The van der Waals surface area contributed by atoms with E-state index in [0.717, 1.165) is 0 Å². The summed E-state index contributed by atoms with van der Waals surface area (Å²) in [4.78, 5) is 10.4. The molecule has 0 aliphatic heterocycles. The molecule has 14 heavy (non-hydrogen) atoms. The molecule has 0 amide bonds. The lowest BCUT2D eigenvalue weighted by Crippen LogP contribution is -2.14. The van der Waals surface area contributed by atoms with Crippen molar-refractivity contribution >= 4 is 5.97 Å². The molecule has 0 bridgehead atoms. The van der Waals surface area contributed by atoms with Crippen LogP contribution >= 0.6 is 0 Å². The molecule has 0 aromatic heterocycles. The third-order valence-electron chi connectivity index (χ3n) is 1.90. The number of hydrogen-bond acceptors (Lipinski definition) is 3. The van der Waals surface area contributed by atoms with Gasteiger partial charge in [0.05, 0.1) is 12.2 Å². The minimum atomic E-state index is -0.935. The number of allylic oxidation sites excluding steroid dienone is 1. The first kappa shape index (κ1) is 13.1. The third-order valence-corrected chi connectivity index (χ3v) is 1.90. The molecule has 0 aromatic rings. The number of hydrogen-bond donors (Lipinski definition) is 3. The zero-order valence-electron chi connectivity index (χ0n) is 8.60. The van der Waals surface area contributed by atoms with Gasteiger partial charge in [0.2, 0.25) is 0 Å². The second kappa shape index (κ2) is 6.56. The maximum atomic E-state index is 10.4. The Balaban J connectivity index is 3.73. The Labute approximate surface area is 83.9 Å². The maximum Gasteiger partial charge on any atom is 0.330 e. The Morgan fingerprint density at radius 2 is 2.00 bits per heavy atom.